The highest BCUT2D eigenvalue weighted by Crippen LogP contribution is 2.27. The van der Waals surface area contributed by atoms with Gasteiger partial charge in [0, 0.05) is 23.4 Å². The lowest BCUT2D eigenvalue weighted by Gasteiger charge is -2.13. The van der Waals surface area contributed by atoms with Gasteiger partial charge in [0.15, 0.2) is 5.78 Å². The van der Waals surface area contributed by atoms with Gasteiger partial charge < -0.3 is 11.1 Å². The van der Waals surface area contributed by atoms with Crippen molar-refractivity contribution in [2.45, 2.75) is 12.8 Å². The number of carbonyl (C=O) groups is 2. The lowest BCUT2D eigenvalue weighted by atomic mass is 10.1. The first-order chi connectivity index (χ1) is 10.5. The molecule has 0 saturated carbocycles. The van der Waals surface area contributed by atoms with E-state index in [2.05, 4.69) is 5.32 Å². The zero-order valence-corrected chi connectivity index (χ0v) is 11.7. The third-order valence-electron chi connectivity index (χ3n) is 3.64. The van der Waals surface area contributed by atoms with Crippen molar-refractivity contribution in [3.63, 3.8) is 0 Å². The fraction of sp³-hybridized carbons (Fsp3) is 0.125. The summed E-state index contributed by atoms with van der Waals surface area (Å²) in [7, 11) is 0. The molecule has 6 heteroatoms. The van der Waals surface area contributed by atoms with Gasteiger partial charge in [-0.1, -0.05) is 6.07 Å². The van der Waals surface area contributed by atoms with Gasteiger partial charge in [0.25, 0.3) is 0 Å². The number of nitrogens with two attached hydrogens (primary N) is 1. The molecule has 2 amide bonds. The number of benzene rings is 2. The van der Waals surface area contributed by atoms with Gasteiger partial charge in [-0.3, -0.25) is 10.0 Å². The molecule has 0 fully saturated rings. The number of nitrogens with zero attached hydrogens (tertiary/aromatic N) is 1. The number of hydrogen-bond acceptors (Lipinski definition) is 4. The number of rotatable bonds is 3. The fourth-order valence-corrected chi connectivity index (χ4v) is 2.49. The Morgan fingerprint density at radius 1 is 1.09 bits per heavy atom. The lowest BCUT2D eigenvalue weighted by molar-refractivity contribution is 0.0994. The standard InChI is InChI=1S/C16H15N3O3/c17-16(21)19(22)13-6-4-11(5-7-13)18-12-3-1-10-2-8-15(20)14(10)9-12/h1,3-7,9,18,22H,2,8H2,(H2,17,21). The van der Waals surface area contributed by atoms with Crippen LogP contribution >= 0.6 is 0 Å². The van der Waals surface area contributed by atoms with Gasteiger partial charge in [-0.25, -0.2) is 4.79 Å². The van der Waals surface area contributed by atoms with Crippen LogP contribution in [0.2, 0.25) is 0 Å². The topological polar surface area (TPSA) is 95.7 Å². The summed E-state index contributed by atoms with van der Waals surface area (Å²) >= 11 is 0. The number of aryl methyl sites for hydroxylation is 1. The molecule has 1 aliphatic carbocycles. The quantitative estimate of drug-likeness (QED) is 0.599. The van der Waals surface area contributed by atoms with Crippen molar-refractivity contribution < 1.29 is 14.8 Å². The van der Waals surface area contributed by atoms with E-state index in [1.54, 1.807) is 24.3 Å². The van der Waals surface area contributed by atoms with Gasteiger partial charge in [-0.2, -0.15) is 5.06 Å². The van der Waals surface area contributed by atoms with Crippen LogP contribution in [0.4, 0.5) is 21.9 Å². The van der Waals surface area contributed by atoms with Crippen LogP contribution in [0.25, 0.3) is 0 Å². The van der Waals surface area contributed by atoms with E-state index in [1.807, 2.05) is 18.2 Å². The zero-order chi connectivity index (χ0) is 15.7. The first-order valence-electron chi connectivity index (χ1n) is 6.86. The number of primary amides is 1. The summed E-state index contributed by atoms with van der Waals surface area (Å²) in [5, 5.41) is 13.0. The molecule has 4 N–H and O–H groups in total. The van der Waals surface area contributed by atoms with E-state index in [1.165, 1.54) is 0 Å². The Labute approximate surface area is 127 Å². The largest absolute Gasteiger partial charge is 0.356 e. The van der Waals surface area contributed by atoms with E-state index in [4.69, 9.17) is 5.73 Å². The second-order valence-corrected chi connectivity index (χ2v) is 5.12. The Balaban J connectivity index is 1.78. The number of amides is 2. The minimum absolute atomic E-state index is 0.173. The van der Waals surface area contributed by atoms with Crippen molar-refractivity contribution in [3.8, 4) is 0 Å². The average molecular weight is 297 g/mol. The zero-order valence-electron chi connectivity index (χ0n) is 11.7. The van der Waals surface area contributed by atoms with Crippen molar-refractivity contribution in [3.05, 3.63) is 53.6 Å². The van der Waals surface area contributed by atoms with Crippen LogP contribution in [0.1, 0.15) is 22.3 Å². The molecule has 22 heavy (non-hydrogen) atoms. The Morgan fingerprint density at radius 2 is 1.77 bits per heavy atom. The number of carbonyl (C=O) groups excluding carboxylic acids is 2. The molecule has 0 heterocycles. The van der Waals surface area contributed by atoms with Crippen LogP contribution in [0.5, 0.6) is 0 Å². The Hall–Kier alpha value is -2.86. The maximum absolute atomic E-state index is 11.7. The molecule has 0 aromatic heterocycles. The minimum Gasteiger partial charge on any atom is -0.356 e. The summed E-state index contributed by atoms with van der Waals surface area (Å²) in [5.74, 6) is 0.173. The molecule has 0 aliphatic heterocycles. The third-order valence-corrected chi connectivity index (χ3v) is 3.64. The van der Waals surface area contributed by atoms with Crippen LogP contribution in [-0.4, -0.2) is 17.0 Å². The van der Waals surface area contributed by atoms with E-state index in [9.17, 15) is 14.8 Å². The molecule has 0 atom stereocenters. The highest BCUT2D eigenvalue weighted by Gasteiger charge is 2.19. The summed E-state index contributed by atoms with van der Waals surface area (Å²) in [5.41, 5.74) is 8.71. The number of nitrogens with one attached hydrogen (secondary N) is 1. The third kappa shape index (κ3) is 2.64. The van der Waals surface area contributed by atoms with Crippen molar-refractivity contribution in [1.82, 2.24) is 0 Å². The maximum atomic E-state index is 11.7. The normalized spacial score (nSPS) is 12.9. The van der Waals surface area contributed by atoms with E-state index < -0.39 is 6.03 Å². The molecule has 6 nitrogen and oxygen atoms in total. The molecule has 0 bridgehead atoms. The average Bonchev–Trinajstić information content (AvgIpc) is 2.88. The van der Waals surface area contributed by atoms with Crippen LogP contribution in [0.15, 0.2) is 42.5 Å². The van der Waals surface area contributed by atoms with E-state index in [-0.39, 0.29) is 11.5 Å². The monoisotopic (exact) mass is 297 g/mol. The summed E-state index contributed by atoms with van der Waals surface area (Å²) in [6.45, 7) is 0. The van der Waals surface area contributed by atoms with E-state index >= 15 is 0 Å². The van der Waals surface area contributed by atoms with E-state index in [0.717, 1.165) is 28.9 Å². The molecule has 2 aromatic carbocycles. The Morgan fingerprint density at radius 3 is 2.45 bits per heavy atom. The summed E-state index contributed by atoms with van der Waals surface area (Å²) in [4.78, 5) is 22.6. The summed E-state index contributed by atoms with van der Waals surface area (Å²) in [6.07, 6.45) is 1.38. The Bertz CT molecular complexity index is 741. The molecule has 0 unspecified atom stereocenters. The molecular formula is C16H15N3O3. The smallest absolute Gasteiger partial charge is 0.343 e. The van der Waals surface area contributed by atoms with Gasteiger partial charge in [0.2, 0.25) is 0 Å². The summed E-state index contributed by atoms with van der Waals surface area (Å²) in [6, 6.07) is 11.3. The number of hydroxylamine groups is 1. The molecule has 112 valence electrons. The number of anilines is 3. The minimum atomic E-state index is -0.946. The van der Waals surface area contributed by atoms with Crippen LogP contribution in [0, 0.1) is 0 Å². The molecule has 1 aliphatic rings. The molecular weight excluding hydrogens is 282 g/mol. The number of hydrogen-bond donors (Lipinski definition) is 3. The first kappa shape index (κ1) is 14.1. The van der Waals surface area contributed by atoms with Crippen LogP contribution in [0.3, 0.4) is 0 Å². The van der Waals surface area contributed by atoms with Gasteiger partial charge in [0.1, 0.15) is 0 Å². The van der Waals surface area contributed by atoms with Gasteiger partial charge in [-0.05, 0) is 48.4 Å². The number of fused-ring (bicyclic) bond motifs is 1. The van der Waals surface area contributed by atoms with Crippen molar-refractivity contribution in [2.75, 3.05) is 10.4 Å². The highest BCUT2D eigenvalue weighted by molar-refractivity contribution is 6.01. The number of urea groups is 1. The molecule has 0 radical (unpaired) electrons. The maximum Gasteiger partial charge on any atom is 0.343 e. The fourth-order valence-electron chi connectivity index (χ4n) is 2.49. The van der Waals surface area contributed by atoms with Crippen molar-refractivity contribution in [2.24, 2.45) is 5.73 Å². The molecule has 3 rings (SSSR count). The predicted molar refractivity (Wildman–Crippen MR) is 82.7 cm³/mol. The van der Waals surface area contributed by atoms with Gasteiger partial charge in [0.05, 0.1) is 5.69 Å². The first-order valence-corrected chi connectivity index (χ1v) is 6.86. The SMILES string of the molecule is NC(=O)N(O)c1ccc(Nc2ccc3c(c2)C(=O)CC3)cc1. The van der Waals surface area contributed by atoms with Crippen LogP contribution < -0.4 is 16.1 Å². The molecule has 0 saturated heterocycles. The number of ketones is 1. The Kier molecular flexibility index (Phi) is 3.52. The van der Waals surface area contributed by atoms with Gasteiger partial charge in [-0.15, -0.1) is 0 Å². The highest BCUT2D eigenvalue weighted by atomic mass is 16.5. The molecule has 0 spiro atoms. The summed E-state index contributed by atoms with van der Waals surface area (Å²) < 4.78 is 0. The van der Waals surface area contributed by atoms with Crippen molar-refractivity contribution in [1.29, 1.82) is 0 Å². The lowest BCUT2D eigenvalue weighted by Crippen LogP contribution is -2.32. The second-order valence-electron chi connectivity index (χ2n) is 5.12. The second kappa shape index (κ2) is 5.50. The van der Waals surface area contributed by atoms with Crippen LogP contribution in [-0.2, 0) is 6.42 Å². The number of Topliss-reactive ketones (excluding diaryl/α,β-unsaturated/α-hetero) is 1. The van der Waals surface area contributed by atoms with Gasteiger partial charge >= 0.3 is 6.03 Å². The van der Waals surface area contributed by atoms with E-state index in [0.29, 0.717) is 11.5 Å². The van der Waals surface area contributed by atoms with Crippen molar-refractivity contribution >= 4 is 28.9 Å². The molecule has 2 aromatic rings. The predicted octanol–water partition coefficient (Wildman–Crippen LogP) is 2.83.